The van der Waals surface area contributed by atoms with E-state index in [9.17, 15) is 9.90 Å². The van der Waals surface area contributed by atoms with Gasteiger partial charge in [0.2, 0.25) is 5.75 Å². The maximum atomic E-state index is 13.0. The lowest BCUT2D eigenvalue weighted by Crippen LogP contribution is -2.16. The van der Waals surface area contributed by atoms with Gasteiger partial charge in [0.05, 0.1) is 23.7 Å². The number of phenolic OH excluding ortho intramolecular Hbond substituents is 1. The summed E-state index contributed by atoms with van der Waals surface area (Å²) in [7, 11) is 2.98. The molecule has 1 rings (SSSR count). The van der Waals surface area contributed by atoms with Crippen molar-refractivity contribution in [2.24, 2.45) is 0 Å². The number of carbonyl (C=O) groups is 1. The Morgan fingerprint density at radius 2 is 1.30 bits per heavy atom. The van der Waals surface area contributed by atoms with E-state index in [1.807, 2.05) is 6.92 Å². The summed E-state index contributed by atoms with van der Waals surface area (Å²) in [4.78, 5) is 13.0. The first-order chi connectivity index (χ1) is 16.0. The molecular weight excluding hydrogens is 531 g/mol. The number of Topliss-reactive ketones (excluding diaryl/α,β-unsaturated/α-hetero) is 1. The molecule has 1 unspecified atom stereocenters. The largest absolute Gasteiger partial charge is 0.504 e. The molecule has 1 aromatic rings. The van der Waals surface area contributed by atoms with Gasteiger partial charge < -0.3 is 19.7 Å². The first-order valence-corrected chi connectivity index (χ1v) is 14.0. The minimum atomic E-state index is -0.158. The van der Waals surface area contributed by atoms with E-state index in [-0.39, 0.29) is 21.2 Å². The van der Waals surface area contributed by atoms with E-state index < -0.39 is 0 Å². The summed E-state index contributed by atoms with van der Waals surface area (Å²) in [5, 5.41) is 19.3. The molecule has 1 atom stereocenters. The van der Waals surface area contributed by atoms with Crippen LogP contribution in [-0.4, -0.2) is 40.7 Å². The number of aromatic hydroxyl groups is 1. The van der Waals surface area contributed by atoms with Crippen LogP contribution in [0.15, 0.2) is 6.07 Å². The van der Waals surface area contributed by atoms with Crippen LogP contribution < -0.4 is 9.47 Å². The number of phenols is 1. The lowest BCUT2D eigenvalue weighted by molar-refractivity contribution is 0.0987. The molecule has 0 amide bonds. The van der Waals surface area contributed by atoms with E-state index in [0.29, 0.717) is 23.5 Å². The van der Waals surface area contributed by atoms with Gasteiger partial charge in [-0.15, -0.1) is 0 Å². The number of hydrogen-bond donors (Lipinski definition) is 2. The van der Waals surface area contributed by atoms with E-state index in [1.54, 1.807) is 6.07 Å². The molecule has 5 nitrogen and oxygen atoms in total. The Bertz CT molecular complexity index is 677. The Morgan fingerprint density at radius 1 is 0.848 bits per heavy atom. The molecule has 0 heterocycles. The zero-order valence-corrected chi connectivity index (χ0v) is 23.1. The van der Waals surface area contributed by atoms with Gasteiger partial charge in [-0.2, -0.15) is 0 Å². The number of ether oxygens (including phenoxy) is 2. The molecule has 0 saturated heterocycles. The normalized spacial score (nSPS) is 12.0. The van der Waals surface area contributed by atoms with E-state index >= 15 is 0 Å². The van der Waals surface area contributed by atoms with Crippen LogP contribution in [-0.2, 0) is 0 Å². The van der Waals surface area contributed by atoms with Crippen LogP contribution in [0.25, 0.3) is 0 Å². The molecule has 0 aliphatic heterocycles. The topological polar surface area (TPSA) is 76.0 Å². The zero-order chi connectivity index (χ0) is 24.5. The van der Waals surface area contributed by atoms with Gasteiger partial charge in [-0.1, -0.05) is 106 Å². The average molecular weight is 577 g/mol. The fraction of sp³-hybridized carbons (Fsp3) is 0.741. The van der Waals surface area contributed by atoms with Gasteiger partial charge >= 0.3 is 0 Å². The third-order valence-corrected chi connectivity index (χ3v) is 7.43. The van der Waals surface area contributed by atoms with Gasteiger partial charge in [-0.25, -0.2) is 0 Å². The van der Waals surface area contributed by atoms with Crippen molar-refractivity contribution in [3.05, 3.63) is 17.2 Å². The summed E-state index contributed by atoms with van der Waals surface area (Å²) in [6, 6.07) is 1.74. The number of unbranched alkanes of at least 4 members (excludes halogenated alkanes) is 13. The maximum absolute atomic E-state index is 13.0. The standard InChI is InChI=1S/C27H45IO5/c1-21-20-23(32-2)27(33-3)26(31)24(21)25(30)22(28)18-16-14-12-10-8-6-4-5-7-9-11-13-15-17-19-29/h20,22,29,31H,4-19H2,1-3H3. The van der Waals surface area contributed by atoms with Gasteiger partial charge in [-0.05, 0) is 31.4 Å². The summed E-state index contributed by atoms with van der Waals surface area (Å²) >= 11 is 2.20. The van der Waals surface area contributed by atoms with E-state index in [2.05, 4.69) is 22.6 Å². The Kier molecular flexibility index (Phi) is 16.7. The Morgan fingerprint density at radius 3 is 1.73 bits per heavy atom. The van der Waals surface area contributed by atoms with Crippen LogP contribution in [0.3, 0.4) is 0 Å². The van der Waals surface area contributed by atoms with Crippen molar-refractivity contribution in [1.29, 1.82) is 0 Å². The van der Waals surface area contributed by atoms with Crippen molar-refractivity contribution in [2.45, 2.75) is 107 Å². The van der Waals surface area contributed by atoms with E-state index in [0.717, 1.165) is 25.7 Å². The first kappa shape index (κ1) is 30.0. The van der Waals surface area contributed by atoms with Crippen LogP contribution in [0.1, 0.15) is 112 Å². The summed E-state index contributed by atoms with van der Waals surface area (Å²) in [5.74, 6) is 0.485. The molecule has 0 bridgehead atoms. The van der Waals surface area contributed by atoms with Crippen molar-refractivity contribution in [1.82, 2.24) is 0 Å². The number of aryl methyl sites for hydroxylation is 1. The molecule has 0 aromatic heterocycles. The summed E-state index contributed by atoms with van der Waals surface area (Å²) in [6.07, 6.45) is 18.2. The van der Waals surface area contributed by atoms with Crippen molar-refractivity contribution in [2.75, 3.05) is 20.8 Å². The second kappa shape index (κ2) is 18.3. The molecule has 0 aliphatic carbocycles. The SMILES string of the molecule is COc1cc(C)c(C(=O)C(I)CCCCCCCCCCCCCCCCO)c(O)c1OC. The number of ketones is 1. The number of halogens is 1. The number of carbonyl (C=O) groups excluding carboxylic acids is 1. The van der Waals surface area contributed by atoms with E-state index in [1.165, 1.54) is 84.8 Å². The van der Waals surface area contributed by atoms with E-state index in [4.69, 9.17) is 14.6 Å². The van der Waals surface area contributed by atoms with Crippen molar-refractivity contribution in [3.8, 4) is 17.2 Å². The Balaban J connectivity index is 2.17. The van der Waals surface area contributed by atoms with Crippen LogP contribution in [0, 0.1) is 6.92 Å². The minimum Gasteiger partial charge on any atom is -0.504 e. The fourth-order valence-corrected chi connectivity index (χ4v) is 5.01. The predicted molar refractivity (Wildman–Crippen MR) is 144 cm³/mol. The second-order valence-electron chi connectivity index (χ2n) is 8.95. The second-order valence-corrected chi connectivity index (χ2v) is 10.5. The highest BCUT2D eigenvalue weighted by Gasteiger charge is 2.26. The van der Waals surface area contributed by atoms with Crippen LogP contribution in [0.5, 0.6) is 17.2 Å². The fourth-order valence-electron chi connectivity index (χ4n) is 4.26. The molecule has 0 aliphatic rings. The lowest BCUT2D eigenvalue weighted by atomic mass is 9.97. The molecule has 33 heavy (non-hydrogen) atoms. The van der Waals surface area contributed by atoms with Gasteiger partial charge in [0.25, 0.3) is 0 Å². The smallest absolute Gasteiger partial charge is 0.203 e. The third-order valence-electron chi connectivity index (χ3n) is 6.24. The van der Waals surface area contributed by atoms with Crippen LogP contribution in [0.4, 0.5) is 0 Å². The Hall–Kier alpha value is -1.02. The number of alkyl halides is 1. The maximum Gasteiger partial charge on any atom is 0.203 e. The molecule has 0 spiro atoms. The molecule has 0 fully saturated rings. The number of methoxy groups -OCH3 is 2. The van der Waals surface area contributed by atoms with Gasteiger partial charge in [-0.3, -0.25) is 4.79 Å². The Labute approximate surface area is 214 Å². The molecule has 2 N–H and O–H groups in total. The van der Waals surface area contributed by atoms with Gasteiger partial charge in [0, 0.05) is 6.61 Å². The predicted octanol–water partition coefficient (Wildman–Crippen LogP) is 7.55. The van der Waals surface area contributed by atoms with Gasteiger partial charge in [0.15, 0.2) is 17.3 Å². The highest BCUT2D eigenvalue weighted by atomic mass is 127. The van der Waals surface area contributed by atoms with Crippen LogP contribution in [0.2, 0.25) is 0 Å². The lowest BCUT2D eigenvalue weighted by Gasteiger charge is -2.17. The quantitative estimate of drug-likeness (QED) is 0.0726. The molecule has 1 aromatic carbocycles. The highest BCUT2D eigenvalue weighted by Crippen LogP contribution is 2.42. The molecule has 190 valence electrons. The number of benzene rings is 1. The van der Waals surface area contributed by atoms with Crippen molar-refractivity contribution in [3.63, 3.8) is 0 Å². The number of aliphatic hydroxyl groups excluding tert-OH is 1. The molecule has 0 radical (unpaired) electrons. The zero-order valence-electron chi connectivity index (χ0n) is 21.0. The highest BCUT2D eigenvalue weighted by molar-refractivity contribution is 14.1. The van der Waals surface area contributed by atoms with Crippen molar-refractivity contribution < 1.29 is 24.5 Å². The number of hydrogen-bond acceptors (Lipinski definition) is 5. The minimum absolute atomic E-state index is 0.0417. The summed E-state index contributed by atoms with van der Waals surface area (Å²) in [6.45, 7) is 2.15. The van der Waals surface area contributed by atoms with Gasteiger partial charge in [0.1, 0.15) is 0 Å². The first-order valence-electron chi connectivity index (χ1n) is 12.7. The summed E-state index contributed by atoms with van der Waals surface area (Å²) < 4.78 is 10.3. The summed E-state index contributed by atoms with van der Waals surface area (Å²) in [5.41, 5.74) is 1.05. The van der Waals surface area contributed by atoms with Crippen LogP contribution >= 0.6 is 22.6 Å². The monoisotopic (exact) mass is 576 g/mol. The molecular formula is C27H45IO5. The molecule has 0 saturated carbocycles. The molecule has 6 heteroatoms. The average Bonchev–Trinajstić information content (AvgIpc) is 2.80. The number of aliphatic hydroxyl groups is 1. The van der Waals surface area contributed by atoms with Crippen molar-refractivity contribution >= 4 is 28.4 Å². The third kappa shape index (κ3) is 11.3. The number of rotatable bonds is 20.